The molecule has 3 nitrogen and oxygen atoms in total. The minimum absolute atomic E-state index is 0.186. The fourth-order valence-electron chi connectivity index (χ4n) is 2.19. The van der Waals surface area contributed by atoms with Crippen LogP contribution in [0.15, 0.2) is 29.2 Å². The molecule has 0 spiro atoms. The van der Waals surface area contributed by atoms with Crippen molar-refractivity contribution in [2.75, 3.05) is 18.8 Å². The summed E-state index contributed by atoms with van der Waals surface area (Å²) < 4.78 is 0. The van der Waals surface area contributed by atoms with Gasteiger partial charge in [0.1, 0.15) is 0 Å². The van der Waals surface area contributed by atoms with Gasteiger partial charge in [-0.25, -0.2) is 0 Å². The number of amides is 1. The highest BCUT2D eigenvalue weighted by Crippen LogP contribution is 2.27. The SMILES string of the molecule is CC1NCCN(C(=O)CSc2ccccc2Cl)C1C. The molecular weight excluding hydrogens is 280 g/mol. The van der Waals surface area contributed by atoms with Gasteiger partial charge in [0.05, 0.1) is 10.8 Å². The lowest BCUT2D eigenvalue weighted by Crippen LogP contribution is -2.57. The molecule has 0 saturated carbocycles. The molecule has 2 unspecified atom stereocenters. The first-order valence-corrected chi connectivity index (χ1v) is 7.86. The Hall–Kier alpha value is -0.710. The maximum absolute atomic E-state index is 12.3. The van der Waals surface area contributed by atoms with Gasteiger partial charge in [-0.05, 0) is 26.0 Å². The molecular formula is C14H19ClN2OS. The average molecular weight is 299 g/mol. The van der Waals surface area contributed by atoms with Gasteiger partial charge in [0.2, 0.25) is 5.91 Å². The second-order valence-electron chi connectivity index (χ2n) is 4.79. The first-order valence-electron chi connectivity index (χ1n) is 6.50. The summed E-state index contributed by atoms with van der Waals surface area (Å²) in [4.78, 5) is 15.2. The maximum Gasteiger partial charge on any atom is 0.233 e. The van der Waals surface area contributed by atoms with Gasteiger partial charge in [-0.1, -0.05) is 23.7 Å². The molecule has 1 amide bonds. The summed E-state index contributed by atoms with van der Waals surface area (Å²) in [6.45, 7) is 5.86. The molecule has 5 heteroatoms. The van der Waals surface area contributed by atoms with Crippen LogP contribution in [0.1, 0.15) is 13.8 Å². The predicted molar refractivity (Wildman–Crippen MR) is 80.8 cm³/mol. The molecule has 104 valence electrons. The van der Waals surface area contributed by atoms with E-state index in [-0.39, 0.29) is 11.9 Å². The number of thioether (sulfide) groups is 1. The molecule has 1 N–H and O–H groups in total. The van der Waals surface area contributed by atoms with Gasteiger partial charge in [0.25, 0.3) is 0 Å². The average Bonchev–Trinajstić information content (AvgIpc) is 2.40. The van der Waals surface area contributed by atoms with Gasteiger partial charge in [0, 0.05) is 30.1 Å². The number of benzene rings is 1. The third-order valence-electron chi connectivity index (χ3n) is 3.54. The van der Waals surface area contributed by atoms with Crippen molar-refractivity contribution < 1.29 is 4.79 Å². The smallest absolute Gasteiger partial charge is 0.233 e. The summed E-state index contributed by atoms with van der Waals surface area (Å²) in [6, 6.07) is 8.23. The number of carbonyl (C=O) groups is 1. The van der Waals surface area contributed by atoms with Crippen molar-refractivity contribution in [3.8, 4) is 0 Å². The second kappa shape index (κ2) is 6.64. The molecule has 1 fully saturated rings. The molecule has 1 aromatic rings. The standard InChI is InChI=1S/C14H19ClN2OS/c1-10-11(2)17(8-7-16-10)14(18)9-19-13-6-4-3-5-12(13)15/h3-6,10-11,16H,7-9H2,1-2H3. The number of piperazine rings is 1. The Balaban J connectivity index is 1.92. The second-order valence-corrected chi connectivity index (χ2v) is 6.21. The van der Waals surface area contributed by atoms with E-state index in [2.05, 4.69) is 19.2 Å². The number of halogens is 1. The van der Waals surface area contributed by atoms with E-state index in [1.165, 1.54) is 11.8 Å². The van der Waals surface area contributed by atoms with Crippen LogP contribution in [-0.2, 0) is 4.79 Å². The minimum atomic E-state index is 0.186. The van der Waals surface area contributed by atoms with E-state index in [9.17, 15) is 4.79 Å². The lowest BCUT2D eigenvalue weighted by molar-refractivity contribution is -0.131. The highest BCUT2D eigenvalue weighted by molar-refractivity contribution is 8.00. The van der Waals surface area contributed by atoms with Crippen molar-refractivity contribution in [2.24, 2.45) is 0 Å². The van der Waals surface area contributed by atoms with Gasteiger partial charge in [-0.15, -0.1) is 11.8 Å². The van der Waals surface area contributed by atoms with Gasteiger partial charge in [-0.2, -0.15) is 0 Å². The molecule has 0 aliphatic carbocycles. The Morgan fingerprint density at radius 2 is 2.21 bits per heavy atom. The molecule has 1 aliphatic heterocycles. The molecule has 2 rings (SSSR count). The largest absolute Gasteiger partial charge is 0.336 e. The van der Waals surface area contributed by atoms with Crippen LogP contribution in [0.3, 0.4) is 0 Å². The zero-order valence-electron chi connectivity index (χ0n) is 11.2. The van der Waals surface area contributed by atoms with Gasteiger partial charge in [0.15, 0.2) is 0 Å². The highest BCUT2D eigenvalue weighted by atomic mass is 35.5. The summed E-state index contributed by atoms with van der Waals surface area (Å²) in [5, 5.41) is 4.09. The summed E-state index contributed by atoms with van der Waals surface area (Å²) in [6.07, 6.45) is 0. The van der Waals surface area contributed by atoms with Gasteiger partial charge < -0.3 is 10.2 Å². The topological polar surface area (TPSA) is 32.3 Å². The molecule has 1 aromatic carbocycles. The van der Waals surface area contributed by atoms with Gasteiger partial charge in [-0.3, -0.25) is 4.79 Å². The van der Waals surface area contributed by atoms with Crippen molar-refractivity contribution in [1.29, 1.82) is 0 Å². The number of carbonyl (C=O) groups excluding carboxylic acids is 1. The van der Waals surface area contributed by atoms with Crippen molar-refractivity contribution >= 4 is 29.3 Å². The summed E-state index contributed by atoms with van der Waals surface area (Å²) >= 11 is 7.60. The third-order valence-corrected chi connectivity index (χ3v) is 5.04. The highest BCUT2D eigenvalue weighted by Gasteiger charge is 2.27. The number of rotatable bonds is 3. The van der Waals surface area contributed by atoms with E-state index in [1.807, 2.05) is 29.2 Å². The molecule has 0 radical (unpaired) electrons. The molecule has 19 heavy (non-hydrogen) atoms. The van der Waals surface area contributed by atoms with Crippen LogP contribution in [0, 0.1) is 0 Å². The van der Waals surface area contributed by atoms with Crippen molar-refractivity contribution in [1.82, 2.24) is 10.2 Å². The lowest BCUT2D eigenvalue weighted by atomic mass is 10.1. The normalized spacial score (nSPS) is 23.4. The van der Waals surface area contributed by atoms with Crippen LogP contribution in [0.25, 0.3) is 0 Å². The van der Waals surface area contributed by atoms with E-state index >= 15 is 0 Å². The molecule has 0 bridgehead atoms. The Morgan fingerprint density at radius 1 is 1.47 bits per heavy atom. The molecule has 1 aliphatic rings. The van der Waals surface area contributed by atoms with Crippen molar-refractivity contribution in [2.45, 2.75) is 30.8 Å². The summed E-state index contributed by atoms with van der Waals surface area (Å²) in [5.74, 6) is 0.631. The van der Waals surface area contributed by atoms with Crippen molar-refractivity contribution in [3.05, 3.63) is 29.3 Å². The monoisotopic (exact) mass is 298 g/mol. The molecule has 1 saturated heterocycles. The molecule has 0 aromatic heterocycles. The van der Waals surface area contributed by atoms with E-state index in [1.54, 1.807) is 0 Å². The number of nitrogens with one attached hydrogen (secondary N) is 1. The quantitative estimate of drug-likeness (QED) is 0.871. The third kappa shape index (κ3) is 3.65. The van der Waals surface area contributed by atoms with Gasteiger partial charge >= 0.3 is 0 Å². The Bertz CT molecular complexity index is 455. The Labute approximate surface area is 123 Å². The van der Waals surface area contributed by atoms with Crippen LogP contribution in [0.2, 0.25) is 5.02 Å². The molecule has 1 heterocycles. The van der Waals surface area contributed by atoms with Crippen LogP contribution >= 0.6 is 23.4 Å². The lowest BCUT2D eigenvalue weighted by Gasteiger charge is -2.38. The maximum atomic E-state index is 12.3. The fourth-order valence-corrected chi connectivity index (χ4v) is 3.32. The fraction of sp³-hybridized carbons (Fsp3) is 0.500. The number of hydrogen-bond donors (Lipinski definition) is 1. The Morgan fingerprint density at radius 3 is 2.95 bits per heavy atom. The zero-order chi connectivity index (χ0) is 13.8. The van der Waals surface area contributed by atoms with Crippen molar-refractivity contribution in [3.63, 3.8) is 0 Å². The zero-order valence-corrected chi connectivity index (χ0v) is 12.8. The molecule has 2 atom stereocenters. The van der Waals surface area contributed by atoms with Crippen LogP contribution in [0.5, 0.6) is 0 Å². The predicted octanol–water partition coefficient (Wildman–Crippen LogP) is 2.64. The van der Waals surface area contributed by atoms with E-state index < -0.39 is 0 Å². The number of hydrogen-bond acceptors (Lipinski definition) is 3. The Kier molecular flexibility index (Phi) is 5.13. The van der Waals surface area contributed by atoms with E-state index in [4.69, 9.17) is 11.6 Å². The summed E-state index contributed by atoms with van der Waals surface area (Å²) in [7, 11) is 0. The van der Waals surface area contributed by atoms with Crippen LogP contribution in [-0.4, -0.2) is 41.7 Å². The van der Waals surface area contributed by atoms with Crippen LogP contribution < -0.4 is 5.32 Å². The first kappa shape index (κ1) is 14.7. The van der Waals surface area contributed by atoms with Crippen LogP contribution in [0.4, 0.5) is 0 Å². The van der Waals surface area contributed by atoms with E-state index in [0.29, 0.717) is 16.8 Å². The number of nitrogens with zero attached hydrogens (tertiary/aromatic N) is 1. The minimum Gasteiger partial charge on any atom is -0.336 e. The van der Waals surface area contributed by atoms with E-state index in [0.717, 1.165) is 18.0 Å². The summed E-state index contributed by atoms with van der Waals surface area (Å²) in [5.41, 5.74) is 0. The first-order chi connectivity index (χ1) is 9.09.